The SMILES string of the molecule is CC(C)C(C)(C)C(=O)CCCc1ccc(O)c(O)c1. The summed E-state index contributed by atoms with van der Waals surface area (Å²) in [6.07, 6.45) is 2.04. The number of hydrogen-bond acceptors (Lipinski definition) is 3. The van der Waals surface area contributed by atoms with Crippen LogP contribution in [-0.4, -0.2) is 16.0 Å². The summed E-state index contributed by atoms with van der Waals surface area (Å²) in [5.74, 6) is 0.398. The molecule has 1 aromatic rings. The molecule has 0 fully saturated rings. The summed E-state index contributed by atoms with van der Waals surface area (Å²) in [7, 11) is 0. The van der Waals surface area contributed by atoms with Crippen LogP contribution in [-0.2, 0) is 11.2 Å². The molecule has 1 rings (SSSR count). The largest absolute Gasteiger partial charge is 0.504 e. The van der Waals surface area contributed by atoms with Crippen molar-refractivity contribution >= 4 is 5.78 Å². The molecule has 0 saturated heterocycles. The Morgan fingerprint density at radius 3 is 2.37 bits per heavy atom. The Kier molecular flexibility index (Phi) is 4.98. The van der Waals surface area contributed by atoms with Crippen LogP contribution in [0.2, 0.25) is 0 Å². The molecule has 0 amide bonds. The maximum Gasteiger partial charge on any atom is 0.157 e. The summed E-state index contributed by atoms with van der Waals surface area (Å²) in [4.78, 5) is 12.1. The first-order valence-corrected chi connectivity index (χ1v) is 6.79. The van der Waals surface area contributed by atoms with Crippen molar-refractivity contribution in [3.8, 4) is 11.5 Å². The van der Waals surface area contributed by atoms with Crippen molar-refractivity contribution in [3.05, 3.63) is 23.8 Å². The quantitative estimate of drug-likeness (QED) is 0.771. The van der Waals surface area contributed by atoms with Crippen LogP contribution in [0.4, 0.5) is 0 Å². The molecule has 0 unspecified atom stereocenters. The topological polar surface area (TPSA) is 57.5 Å². The van der Waals surface area contributed by atoms with E-state index in [1.165, 1.54) is 6.07 Å². The molecule has 0 aromatic heterocycles. The van der Waals surface area contributed by atoms with Crippen LogP contribution in [0.1, 0.15) is 46.1 Å². The van der Waals surface area contributed by atoms with Gasteiger partial charge in [0.05, 0.1) is 0 Å². The Labute approximate surface area is 115 Å². The van der Waals surface area contributed by atoms with Crippen LogP contribution in [0, 0.1) is 11.3 Å². The number of aryl methyl sites for hydroxylation is 1. The van der Waals surface area contributed by atoms with Crippen molar-refractivity contribution in [3.63, 3.8) is 0 Å². The summed E-state index contributed by atoms with van der Waals surface area (Å²) in [6, 6.07) is 4.80. The summed E-state index contributed by atoms with van der Waals surface area (Å²) in [5.41, 5.74) is 0.655. The third-order valence-corrected chi connectivity index (χ3v) is 4.07. The molecule has 0 aliphatic heterocycles. The number of aromatic hydroxyl groups is 2. The van der Waals surface area contributed by atoms with Gasteiger partial charge in [0.15, 0.2) is 11.5 Å². The molecule has 0 heterocycles. The Hall–Kier alpha value is -1.51. The molecule has 0 aliphatic rings. The van der Waals surface area contributed by atoms with Crippen LogP contribution in [0.25, 0.3) is 0 Å². The summed E-state index contributed by atoms with van der Waals surface area (Å²) < 4.78 is 0. The monoisotopic (exact) mass is 264 g/mol. The molecular formula is C16H24O3. The van der Waals surface area contributed by atoms with Gasteiger partial charge in [0.25, 0.3) is 0 Å². The van der Waals surface area contributed by atoms with Gasteiger partial charge in [-0.25, -0.2) is 0 Å². The molecule has 0 atom stereocenters. The van der Waals surface area contributed by atoms with Gasteiger partial charge in [-0.15, -0.1) is 0 Å². The van der Waals surface area contributed by atoms with Crippen molar-refractivity contribution in [2.24, 2.45) is 11.3 Å². The zero-order valence-electron chi connectivity index (χ0n) is 12.2. The van der Waals surface area contributed by atoms with Gasteiger partial charge in [0.1, 0.15) is 5.78 Å². The van der Waals surface area contributed by atoms with E-state index in [4.69, 9.17) is 0 Å². The molecule has 2 N–H and O–H groups in total. The number of rotatable bonds is 6. The van der Waals surface area contributed by atoms with E-state index >= 15 is 0 Å². The average molecular weight is 264 g/mol. The number of carbonyl (C=O) groups is 1. The van der Waals surface area contributed by atoms with Gasteiger partial charge < -0.3 is 10.2 Å². The minimum Gasteiger partial charge on any atom is -0.504 e. The van der Waals surface area contributed by atoms with Crippen LogP contribution in [0.3, 0.4) is 0 Å². The highest BCUT2D eigenvalue weighted by Crippen LogP contribution is 2.30. The van der Waals surface area contributed by atoms with Crippen LogP contribution < -0.4 is 0 Å². The second kappa shape index (κ2) is 6.09. The minimum atomic E-state index is -0.281. The summed E-state index contributed by atoms with van der Waals surface area (Å²) in [5, 5.41) is 18.6. The predicted molar refractivity (Wildman–Crippen MR) is 76.3 cm³/mol. The average Bonchev–Trinajstić information content (AvgIpc) is 2.33. The molecule has 0 radical (unpaired) electrons. The van der Waals surface area contributed by atoms with Gasteiger partial charge in [0.2, 0.25) is 0 Å². The highest BCUT2D eigenvalue weighted by molar-refractivity contribution is 5.84. The number of phenolic OH excluding ortho intramolecular Hbond substituents is 2. The van der Waals surface area contributed by atoms with Crippen LogP contribution in [0.15, 0.2) is 18.2 Å². The fraction of sp³-hybridized carbons (Fsp3) is 0.562. The molecule has 1 aromatic carbocycles. The van der Waals surface area contributed by atoms with E-state index in [1.54, 1.807) is 12.1 Å². The maximum atomic E-state index is 12.1. The first-order valence-electron chi connectivity index (χ1n) is 6.79. The van der Waals surface area contributed by atoms with Crippen molar-refractivity contribution in [2.75, 3.05) is 0 Å². The van der Waals surface area contributed by atoms with Gasteiger partial charge in [0, 0.05) is 11.8 Å². The zero-order valence-corrected chi connectivity index (χ0v) is 12.2. The molecule has 3 heteroatoms. The van der Waals surface area contributed by atoms with E-state index in [9.17, 15) is 15.0 Å². The summed E-state index contributed by atoms with van der Waals surface area (Å²) in [6.45, 7) is 8.12. The van der Waals surface area contributed by atoms with E-state index in [1.807, 2.05) is 13.8 Å². The first kappa shape index (κ1) is 15.5. The predicted octanol–water partition coefficient (Wildman–Crippen LogP) is 3.67. The molecular weight excluding hydrogens is 240 g/mol. The fourth-order valence-electron chi connectivity index (χ4n) is 1.82. The summed E-state index contributed by atoms with van der Waals surface area (Å²) >= 11 is 0. The normalized spacial score (nSPS) is 11.8. The van der Waals surface area contributed by atoms with Gasteiger partial charge in [-0.2, -0.15) is 0 Å². The lowest BCUT2D eigenvalue weighted by atomic mass is 9.76. The van der Waals surface area contributed by atoms with E-state index in [-0.39, 0.29) is 22.7 Å². The Bertz CT molecular complexity index is 447. The number of hydrogen-bond donors (Lipinski definition) is 2. The number of carbonyl (C=O) groups excluding carboxylic acids is 1. The van der Waals surface area contributed by atoms with Gasteiger partial charge in [-0.1, -0.05) is 33.8 Å². The number of ketones is 1. The van der Waals surface area contributed by atoms with E-state index in [0.29, 0.717) is 12.3 Å². The molecule has 19 heavy (non-hydrogen) atoms. The van der Waals surface area contributed by atoms with Crippen molar-refractivity contribution in [1.29, 1.82) is 0 Å². The van der Waals surface area contributed by atoms with E-state index in [2.05, 4.69) is 13.8 Å². The molecule has 3 nitrogen and oxygen atoms in total. The highest BCUT2D eigenvalue weighted by Gasteiger charge is 2.29. The minimum absolute atomic E-state index is 0.105. The number of Topliss-reactive ketones (excluding diaryl/α,β-unsaturated/α-hetero) is 1. The second-order valence-electron chi connectivity index (χ2n) is 5.98. The third-order valence-electron chi connectivity index (χ3n) is 4.07. The van der Waals surface area contributed by atoms with E-state index in [0.717, 1.165) is 18.4 Å². The molecule has 0 saturated carbocycles. The Balaban J connectivity index is 2.50. The maximum absolute atomic E-state index is 12.1. The second-order valence-corrected chi connectivity index (χ2v) is 5.98. The van der Waals surface area contributed by atoms with E-state index < -0.39 is 0 Å². The third kappa shape index (κ3) is 3.98. The lowest BCUT2D eigenvalue weighted by Crippen LogP contribution is -2.29. The lowest BCUT2D eigenvalue weighted by molar-refractivity contribution is -0.129. The van der Waals surface area contributed by atoms with Gasteiger partial charge >= 0.3 is 0 Å². The standard InChI is InChI=1S/C16H24O3/c1-11(2)16(3,4)15(19)7-5-6-12-8-9-13(17)14(18)10-12/h8-11,17-18H,5-7H2,1-4H3. The van der Waals surface area contributed by atoms with Gasteiger partial charge in [-0.05, 0) is 36.5 Å². The van der Waals surface area contributed by atoms with Crippen molar-refractivity contribution in [2.45, 2.75) is 47.0 Å². The van der Waals surface area contributed by atoms with Crippen LogP contribution in [0.5, 0.6) is 11.5 Å². The van der Waals surface area contributed by atoms with Gasteiger partial charge in [-0.3, -0.25) is 4.79 Å². The smallest absolute Gasteiger partial charge is 0.157 e. The molecule has 0 aliphatic carbocycles. The molecule has 0 spiro atoms. The lowest BCUT2D eigenvalue weighted by Gasteiger charge is -2.27. The first-order chi connectivity index (χ1) is 8.75. The Morgan fingerprint density at radius 1 is 1.21 bits per heavy atom. The zero-order chi connectivity index (χ0) is 14.6. The number of benzene rings is 1. The molecule has 106 valence electrons. The van der Waals surface area contributed by atoms with Crippen molar-refractivity contribution < 1.29 is 15.0 Å². The van der Waals surface area contributed by atoms with Crippen LogP contribution >= 0.6 is 0 Å². The number of phenols is 2. The fourth-order valence-corrected chi connectivity index (χ4v) is 1.82. The van der Waals surface area contributed by atoms with Crippen molar-refractivity contribution in [1.82, 2.24) is 0 Å². The Morgan fingerprint density at radius 2 is 1.84 bits per heavy atom. The molecule has 0 bridgehead atoms. The highest BCUT2D eigenvalue weighted by atomic mass is 16.3.